The summed E-state index contributed by atoms with van der Waals surface area (Å²) in [6.07, 6.45) is 5.48. The fraction of sp³-hybridized carbons (Fsp3) is 0.500. The molecule has 0 N–H and O–H groups in total. The van der Waals surface area contributed by atoms with E-state index in [1.54, 1.807) is 6.92 Å². The molecule has 1 aliphatic rings. The van der Waals surface area contributed by atoms with E-state index >= 15 is 0 Å². The first-order valence-electron chi connectivity index (χ1n) is 6.68. The molecule has 0 amide bonds. The third-order valence-corrected chi connectivity index (χ3v) is 3.99. The summed E-state index contributed by atoms with van der Waals surface area (Å²) in [5.41, 5.74) is 2.05. The molecule has 0 aromatic carbocycles. The molecular formula is C14H18N4O. The summed E-state index contributed by atoms with van der Waals surface area (Å²) >= 11 is 0. The molecule has 3 rings (SSSR count). The van der Waals surface area contributed by atoms with Crippen molar-refractivity contribution in [3.8, 4) is 0 Å². The molecule has 0 radical (unpaired) electrons. The Morgan fingerprint density at radius 2 is 2.05 bits per heavy atom. The molecule has 0 atom stereocenters. The Bertz CT molecular complexity index is 611. The number of rotatable bonds is 2. The van der Waals surface area contributed by atoms with Gasteiger partial charge >= 0.3 is 0 Å². The number of imidazole rings is 1. The first-order valence-corrected chi connectivity index (χ1v) is 6.68. The molecule has 5 nitrogen and oxygen atoms in total. The SMILES string of the molecule is CC(=O)C1CCN(c2nccc3c2ncn3C)CC1. The number of aryl methyl sites for hydroxylation is 1. The number of carbonyl (C=O) groups excluding carboxylic acids is 1. The number of Topliss-reactive ketones (excluding diaryl/α,β-unsaturated/α-hetero) is 1. The van der Waals surface area contributed by atoms with Crippen LogP contribution in [0.3, 0.4) is 0 Å². The number of hydrogen-bond donors (Lipinski definition) is 0. The van der Waals surface area contributed by atoms with E-state index < -0.39 is 0 Å². The van der Waals surface area contributed by atoms with Gasteiger partial charge in [0.15, 0.2) is 5.82 Å². The van der Waals surface area contributed by atoms with E-state index in [0.717, 1.165) is 42.8 Å². The summed E-state index contributed by atoms with van der Waals surface area (Å²) in [5, 5.41) is 0. The molecule has 19 heavy (non-hydrogen) atoms. The van der Waals surface area contributed by atoms with E-state index in [2.05, 4.69) is 14.9 Å². The van der Waals surface area contributed by atoms with Gasteiger partial charge in [0.1, 0.15) is 11.3 Å². The van der Waals surface area contributed by atoms with Gasteiger partial charge in [0.25, 0.3) is 0 Å². The number of ketones is 1. The molecule has 0 aliphatic carbocycles. The van der Waals surface area contributed by atoms with Crippen LogP contribution in [0.5, 0.6) is 0 Å². The highest BCUT2D eigenvalue weighted by Crippen LogP contribution is 2.27. The third-order valence-electron chi connectivity index (χ3n) is 3.99. The minimum absolute atomic E-state index is 0.221. The Morgan fingerprint density at radius 3 is 2.74 bits per heavy atom. The molecule has 0 unspecified atom stereocenters. The lowest BCUT2D eigenvalue weighted by molar-refractivity contribution is -0.121. The van der Waals surface area contributed by atoms with Crippen LogP contribution in [-0.2, 0) is 11.8 Å². The molecule has 2 aromatic heterocycles. The number of anilines is 1. The fourth-order valence-electron chi connectivity index (χ4n) is 2.78. The summed E-state index contributed by atoms with van der Waals surface area (Å²) in [4.78, 5) is 22.6. The van der Waals surface area contributed by atoms with Crippen molar-refractivity contribution in [1.82, 2.24) is 14.5 Å². The monoisotopic (exact) mass is 258 g/mol. The van der Waals surface area contributed by atoms with Gasteiger partial charge in [-0.15, -0.1) is 0 Å². The number of pyridine rings is 1. The van der Waals surface area contributed by atoms with E-state index in [0.29, 0.717) is 5.78 Å². The zero-order valence-electron chi connectivity index (χ0n) is 11.3. The van der Waals surface area contributed by atoms with Gasteiger partial charge in [-0.25, -0.2) is 9.97 Å². The van der Waals surface area contributed by atoms with Crippen molar-refractivity contribution < 1.29 is 4.79 Å². The predicted molar refractivity (Wildman–Crippen MR) is 74.1 cm³/mol. The van der Waals surface area contributed by atoms with Crippen molar-refractivity contribution in [2.45, 2.75) is 19.8 Å². The molecule has 1 saturated heterocycles. The molecule has 0 saturated carbocycles. The number of carbonyl (C=O) groups is 1. The second kappa shape index (κ2) is 4.64. The van der Waals surface area contributed by atoms with E-state index in [1.807, 2.05) is 30.2 Å². The van der Waals surface area contributed by atoms with E-state index in [1.165, 1.54) is 0 Å². The van der Waals surface area contributed by atoms with E-state index in [9.17, 15) is 4.79 Å². The van der Waals surface area contributed by atoms with Crippen LogP contribution in [0, 0.1) is 5.92 Å². The molecule has 1 fully saturated rings. The van der Waals surface area contributed by atoms with Crippen LogP contribution in [0.2, 0.25) is 0 Å². The Labute approximate surface area is 112 Å². The second-order valence-electron chi connectivity index (χ2n) is 5.23. The summed E-state index contributed by atoms with van der Waals surface area (Å²) in [5.74, 6) is 1.47. The quantitative estimate of drug-likeness (QED) is 0.824. The minimum atomic E-state index is 0.221. The lowest BCUT2D eigenvalue weighted by Gasteiger charge is -2.31. The van der Waals surface area contributed by atoms with Gasteiger partial charge < -0.3 is 9.47 Å². The molecule has 5 heteroatoms. The molecule has 2 aromatic rings. The van der Waals surface area contributed by atoms with Gasteiger partial charge in [-0.2, -0.15) is 0 Å². The highest BCUT2D eigenvalue weighted by molar-refractivity contribution is 5.86. The normalized spacial score (nSPS) is 17.1. The molecule has 100 valence electrons. The number of piperidine rings is 1. The summed E-state index contributed by atoms with van der Waals surface area (Å²) in [6, 6.07) is 1.98. The highest BCUT2D eigenvalue weighted by atomic mass is 16.1. The number of hydrogen-bond acceptors (Lipinski definition) is 4. The first kappa shape index (κ1) is 12.1. The zero-order valence-corrected chi connectivity index (χ0v) is 11.3. The van der Waals surface area contributed by atoms with Crippen molar-refractivity contribution >= 4 is 22.6 Å². The van der Waals surface area contributed by atoms with Gasteiger partial charge in [-0.1, -0.05) is 0 Å². The summed E-state index contributed by atoms with van der Waals surface area (Å²) in [6.45, 7) is 3.46. The lowest BCUT2D eigenvalue weighted by atomic mass is 9.93. The van der Waals surface area contributed by atoms with Gasteiger partial charge in [0.05, 0.1) is 11.8 Å². The Kier molecular flexibility index (Phi) is 2.97. The van der Waals surface area contributed by atoms with Gasteiger partial charge in [0.2, 0.25) is 0 Å². The second-order valence-corrected chi connectivity index (χ2v) is 5.23. The van der Waals surface area contributed by atoms with Crippen molar-refractivity contribution in [3.63, 3.8) is 0 Å². The third kappa shape index (κ3) is 2.09. The van der Waals surface area contributed by atoms with Crippen LogP contribution in [0.25, 0.3) is 11.0 Å². The number of aromatic nitrogens is 3. The van der Waals surface area contributed by atoms with Crippen molar-refractivity contribution in [1.29, 1.82) is 0 Å². The topological polar surface area (TPSA) is 51.0 Å². The van der Waals surface area contributed by atoms with Crippen LogP contribution < -0.4 is 4.90 Å². The highest BCUT2D eigenvalue weighted by Gasteiger charge is 2.24. The summed E-state index contributed by atoms with van der Waals surface area (Å²) < 4.78 is 2.00. The first-order chi connectivity index (χ1) is 9.16. The molecule has 3 heterocycles. The zero-order chi connectivity index (χ0) is 13.4. The van der Waals surface area contributed by atoms with Crippen LogP contribution in [0.1, 0.15) is 19.8 Å². The van der Waals surface area contributed by atoms with Crippen LogP contribution in [0.4, 0.5) is 5.82 Å². The Hall–Kier alpha value is -1.91. The fourth-order valence-corrected chi connectivity index (χ4v) is 2.78. The lowest BCUT2D eigenvalue weighted by Crippen LogP contribution is -2.36. The van der Waals surface area contributed by atoms with Crippen LogP contribution in [-0.4, -0.2) is 33.4 Å². The van der Waals surface area contributed by atoms with Gasteiger partial charge in [0, 0.05) is 32.3 Å². The average Bonchev–Trinajstić information content (AvgIpc) is 2.81. The van der Waals surface area contributed by atoms with Crippen molar-refractivity contribution in [2.75, 3.05) is 18.0 Å². The number of fused-ring (bicyclic) bond motifs is 1. The smallest absolute Gasteiger partial charge is 0.156 e. The summed E-state index contributed by atoms with van der Waals surface area (Å²) in [7, 11) is 1.99. The van der Waals surface area contributed by atoms with Crippen molar-refractivity contribution in [2.24, 2.45) is 13.0 Å². The maximum Gasteiger partial charge on any atom is 0.156 e. The molecule has 0 spiro atoms. The predicted octanol–water partition coefficient (Wildman–Crippen LogP) is 1.77. The maximum atomic E-state index is 11.4. The molecule has 1 aliphatic heterocycles. The van der Waals surface area contributed by atoms with Crippen LogP contribution >= 0.6 is 0 Å². The van der Waals surface area contributed by atoms with Crippen LogP contribution in [0.15, 0.2) is 18.6 Å². The average molecular weight is 258 g/mol. The number of nitrogens with zero attached hydrogens (tertiary/aromatic N) is 4. The largest absolute Gasteiger partial charge is 0.355 e. The minimum Gasteiger partial charge on any atom is -0.355 e. The van der Waals surface area contributed by atoms with Crippen molar-refractivity contribution in [3.05, 3.63) is 18.6 Å². The Balaban J connectivity index is 1.88. The van der Waals surface area contributed by atoms with E-state index in [4.69, 9.17) is 0 Å². The van der Waals surface area contributed by atoms with Gasteiger partial charge in [-0.3, -0.25) is 4.79 Å². The van der Waals surface area contributed by atoms with Gasteiger partial charge in [-0.05, 0) is 25.8 Å². The molecular weight excluding hydrogens is 240 g/mol. The maximum absolute atomic E-state index is 11.4. The Morgan fingerprint density at radius 1 is 1.32 bits per heavy atom. The molecule has 0 bridgehead atoms. The standard InChI is InChI=1S/C14H18N4O/c1-10(19)11-4-7-18(8-5-11)14-13-12(3-6-15-14)17(2)9-16-13/h3,6,9,11H,4-5,7-8H2,1-2H3. The van der Waals surface area contributed by atoms with E-state index in [-0.39, 0.29) is 5.92 Å².